The summed E-state index contributed by atoms with van der Waals surface area (Å²) in [6.45, 7) is 14.7. The first kappa shape index (κ1) is 28.3. The average Bonchev–Trinajstić information content (AvgIpc) is 3.63. The maximum absolute atomic E-state index is 10.5. The summed E-state index contributed by atoms with van der Waals surface area (Å²) in [6, 6.07) is 0. The van der Waals surface area contributed by atoms with Crippen LogP contribution in [0.1, 0.15) is 113 Å². The molecular weight excluding hydrogens is 472 g/mol. The van der Waals surface area contributed by atoms with Gasteiger partial charge in [0.15, 0.2) is 0 Å². The molecule has 0 aromatic carbocycles. The van der Waals surface area contributed by atoms with Gasteiger partial charge in [-0.2, -0.15) is 0 Å². The molecule has 5 aliphatic rings. The highest BCUT2D eigenvalue weighted by molar-refractivity contribution is 5.07. The van der Waals surface area contributed by atoms with Gasteiger partial charge < -0.3 is 33.9 Å². The number of aliphatic hydroxyl groups is 2. The Hall–Kier alpha value is -0.280. The first-order valence-electron chi connectivity index (χ1n) is 14.9. The zero-order valence-corrected chi connectivity index (χ0v) is 24.3. The molecule has 0 aromatic rings. The van der Waals surface area contributed by atoms with Crippen LogP contribution in [0.15, 0.2) is 0 Å². The van der Waals surface area contributed by atoms with E-state index in [1.807, 2.05) is 13.8 Å². The largest absolute Gasteiger partial charge is 0.396 e. The van der Waals surface area contributed by atoms with Crippen molar-refractivity contribution in [1.82, 2.24) is 0 Å². The summed E-state index contributed by atoms with van der Waals surface area (Å²) in [5.74, 6) is 0.155. The van der Waals surface area contributed by atoms with Gasteiger partial charge in [0, 0.05) is 12.5 Å². The quantitative estimate of drug-likeness (QED) is 0.500. The Morgan fingerprint density at radius 3 is 1.62 bits per heavy atom. The summed E-state index contributed by atoms with van der Waals surface area (Å²) in [4.78, 5) is 0. The van der Waals surface area contributed by atoms with Crippen LogP contribution in [0.3, 0.4) is 0 Å². The molecule has 2 N–H and O–H groups in total. The van der Waals surface area contributed by atoms with Gasteiger partial charge in [0.25, 0.3) is 0 Å². The molecule has 5 aliphatic heterocycles. The minimum atomic E-state index is -0.839. The van der Waals surface area contributed by atoms with Crippen LogP contribution in [0.5, 0.6) is 0 Å². The Labute approximate surface area is 223 Å². The van der Waals surface area contributed by atoms with Gasteiger partial charge in [-0.25, -0.2) is 0 Å². The molecule has 1 unspecified atom stereocenters. The molecule has 5 rings (SSSR count). The number of hydrogen-bond acceptors (Lipinski definition) is 7. The molecule has 0 radical (unpaired) electrons. The van der Waals surface area contributed by atoms with Gasteiger partial charge in [-0.1, -0.05) is 6.92 Å². The first-order valence-corrected chi connectivity index (χ1v) is 14.9. The fourth-order valence-electron chi connectivity index (χ4n) is 7.83. The van der Waals surface area contributed by atoms with Crippen LogP contribution < -0.4 is 0 Å². The summed E-state index contributed by atoms with van der Waals surface area (Å²) in [5, 5.41) is 20.0. The highest BCUT2D eigenvalue weighted by Crippen LogP contribution is 2.51. The predicted octanol–water partition coefficient (Wildman–Crippen LogP) is 4.68. The Balaban J connectivity index is 1.18. The van der Waals surface area contributed by atoms with Gasteiger partial charge in [-0.05, 0) is 106 Å². The number of hydrogen-bond donors (Lipinski definition) is 2. The molecule has 0 aliphatic carbocycles. The molecule has 0 aromatic heterocycles. The minimum Gasteiger partial charge on any atom is -0.396 e. The van der Waals surface area contributed by atoms with Crippen molar-refractivity contribution in [2.75, 3.05) is 6.61 Å². The molecule has 5 heterocycles. The molecule has 0 amide bonds. The lowest BCUT2D eigenvalue weighted by Crippen LogP contribution is -2.48. The molecule has 5 saturated heterocycles. The second-order valence-electron chi connectivity index (χ2n) is 14.4. The van der Waals surface area contributed by atoms with Crippen molar-refractivity contribution in [3.63, 3.8) is 0 Å². The van der Waals surface area contributed by atoms with E-state index in [2.05, 4.69) is 34.6 Å². The molecule has 0 bridgehead atoms. The Morgan fingerprint density at radius 1 is 0.676 bits per heavy atom. The highest BCUT2D eigenvalue weighted by atomic mass is 16.6. The Morgan fingerprint density at radius 2 is 1.14 bits per heavy atom. The third-order valence-electron chi connectivity index (χ3n) is 10.7. The van der Waals surface area contributed by atoms with E-state index in [-0.39, 0.29) is 71.6 Å². The molecule has 5 fully saturated rings. The van der Waals surface area contributed by atoms with E-state index in [9.17, 15) is 10.2 Å². The van der Waals surface area contributed by atoms with Gasteiger partial charge >= 0.3 is 0 Å². The van der Waals surface area contributed by atoms with Crippen molar-refractivity contribution < 1.29 is 33.9 Å². The van der Waals surface area contributed by atoms with Crippen LogP contribution in [0.2, 0.25) is 0 Å². The van der Waals surface area contributed by atoms with Gasteiger partial charge in [0.05, 0.1) is 64.6 Å². The second kappa shape index (κ2) is 9.67. The number of rotatable bonds is 7. The Kier molecular flexibility index (Phi) is 7.39. The minimum absolute atomic E-state index is 0.0175. The topological polar surface area (TPSA) is 86.6 Å². The van der Waals surface area contributed by atoms with Crippen molar-refractivity contribution in [2.24, 2.45) is 5.92 Å². The zero-order chi connectivity index (χ0) is 26.9. The van der Waals surface area contributed by atoms with Crippen LogP contribution in [0.4, 0.5) is 0 Å². The summed E-state index contributed by atoms with van der Waals surface area (Å²) < 4.78 is 33.2. The van der Waals surface area contributed by atoms with Crippen LogP contribution >= 0.6 is 0 Å². The molecule has 7 heteroatoms. The van der Waals surface area contributed by atoms with Crippen molar-refractivity contribution in [1.29, 1.82) is 0 Å². The standard InChI is InChI=1S/C30H52O7/c1-19(18-31)20-10-14-29(6,34-20)24-12-16-27(4,36-24)22-8-9-23(33-22)28(5)17-13-25(37-28)30(7)15-11-21(35-30)26(2,3)32/h19-25,31-32H,8-18H2,1-7H3/t19?,20-,21+,22+,23-,24-,25+,27-,28+,29+,30-/m0/s1. The molecule has 7 nitrogen and oxygen atoms in total. The number of aliphatic hydroxyl groups excluding tert-OH is 1. The predicted molar refractivity (Wildman–Crippen MR) is 140 cm³/mol. The fraction of sp³-hybridized carbons (Fsp3) is 1.00. The van der Waals surface area contributed by atoms with E-state index >= 15 is 0 Å². The molecule has 11 atom stereocenters. The van der Waals surface area contributed by atoms with Gasteiger partial charge in [0.2, 0.25) is 0 Å². The number of ether oxygens (including phenoxy) is 5. The van der Waals surface area contributed by atoms with Gasteiger partial charge in [0.1, 0.15) is 0 Å². The van der Waals surface area contributed by atoms with E-state index < -0.39 is 5.60 Å². The van der Waals surface area contributed by atoms with Crippen molar-refractivity contribution in [3.05, 3.63) is 0 Å². The van der Waals surface area contributed by atoms with Crippen LogP contribution in [-0.2, 0) is 23.7 Å². The van der Waals surface area contributed by atoms with Crippen molar-refractivity contribution >= 4 is 0 Å². The Bertz CT molecular complexity index is 829. The summed E-state index contributed by atoms with van der Waals surface area (Å²) in [6.07, 6.45) is 9.66. The second-order valence-corrected chi connectivity index (χ2v) is 14.4. The zero-order valence-electron chi connectivity index (χ0n) is 24.3. The maximum atomic E-state index is 10.5. The van der Waals surface area contributed by atoms with Crippen LogP contribution in [-0.4, -0.2) is 81.4 Å². The molecule has 214 valence electrons. The molecule has 0 spiro atoms. The smallest absolute Gasteiger partial charge is 0.0921 e. The van der Waals surface area contributed by atoms with E-state index in [0.717, 1.165) is 64.2 Å². The average molecular weight is 525 g/mol. The SMILES string of the molecule is CC(CO)[C@@H]1CC[C@](C)([C@@H]2CC[C@@](C)([C@H]3CC[C@@H]([C@@]4(C)CC[C@H]([C@]5(C)CC[C@H](C(C)(C)O)O5)O4)O3)O2)O1. The first-order chi connectivity index (χ1) is 17.2. The maximum Gasteiger partial charge on any atom is 0.0921 e. The van der Waals surface area contributed by atoms with E-state index in [1.165, 1.54) is 0 Å². The van der Waals surface area contributed by atoms with Gasteiger partial charge in [-0.15, -0.1) is 0 Å². The molecule has 37 heavy (non-hydrogen) atoms. The molecular formula is C30H52O7. The molecule has 0 saturated carbocycles. The van der Waals surface area contributed by atoms with E-state index in [0.29, 0.717) is 0 Å². The van der Waals surface area contributed by atoms with Crippen molar-refractivity contribution in [3.8, 4) is 0 Å². The summed E-state index contributed by atoms with van der Waals surface area (Å²) in [7, 11) is 0. The van der Waals surface area contributed by atoms with Crippen molar-refractivity contribution in [2.45, 2.75) is 177 Å². The van der Waals surface area contributed by atoms with Crippen LogP contribution in [0, 0.1) is 5.92 Å². The lowest BCUT2D eigenvalue weighted by Gasteiger charge is -2.39. The normalized spacial score (nSPS) is 51.8. The van der Waals surface area contributed by atoms with E-state index in [4.69, 9.17) is 23.7 Å². The third-order valence-corrected chi connectivity index (χ3v) is 10.7. The van der Waals surface area contributed by atoms with Crippen LogP contribution in [0.25, 0.3) is 0 Å². The lowest BCUT2D eigenvalue weighted by atomic mass is 9.89. The van der Waals surface area contributed by atoms with E-state index in [1.54, 1.807) is 0 Å². The lowest BCUT2D eigenvalue weighted by molar-refractivity contribution is -0.211. The third kappa shape index (κ3) is 5.16. The monoisotopic (exact) mass is 524 g/mol. The van der Waals surface area contributed by atoms with Gasteiger partial charge in [-0.3, -0.25) is 0 Å². The fourth-order valence-corrected chi connectivity index (χ4v) is 7.83. The summed E-state index contributed by atoms with van der Waals surface area (Å²) in [5.41, 5.74) is -2.15. The highest BCUT2D eigenvalue weighted by Gasteiger charge is 2.58. The summed E-state index contributed by atoms with van der Waals surface area (Å²) >= 11 is 0.